The van der Waals surface area contributed by atoms with Crippen LogP contribution in [0.4, 0.5) is 0 Å². The van der Waals surface area contributed by atoms with Crippen molar-refractivity contribution in [3.05, 3.63) is 35.9 Å². The van der Waals surface area contributed by atoms with Crippen LogP contribution in [-0.4, -0.2) is 24.0 Å². The lowest BCUT2D eigenvalue weighted by Crippen LogP contribution is -2.49. The Morgan fingerprint density at radius 1 is 1.06 bits per heavy atom. The molecule has 0 saturated heterocycles. The van der Waals surface area contributed by atoms with Crippen molar-refractivity contribution >= 4 is 5.91 Å². The third-order valence-corrected chi connectivity index (χ3v) is 2.56. The average molecular weight is 248 g/mol. The molecule has 1 amide bonds. The third kappa shape index (κ3) is 5.32. The minimum atomic E-state index is -0.171. The van der Waals surface area contributed by atoms with Crippen LogP contribution < -0.4 is 10.6 Å². The largest absolute Gasteiger partial charge is 0.353 e. The van der Waals surface area contributed by atoms with Crippen molar-refractivity contribution in [1.82, 2.24) is 10.6 Å². The van der Waals surface area contributed by atoms with Gasteiger partial charge in [-0.15, -0.1) is 0 Å². The van der Waals surface area contributed by atoms with Crippen molar-refractivity contribution in [3.63, 3.8) is 0 Å². The van der Waals surface area contributed by atoms with Crippen molar-refractivity contribution in [2.45, 2.75) is 52.2 Å². The van der Waals surface area contributed by atoms with Crippen LogP contribution in [0.15, 0.2) is 30.3 Å². The Bertz CT molecular complexity index is 360. The molecule has 0 radical (unpaired) electrons. The van der Waals surface area contributed by atoms with Gasteiger partial charge < -0.3 is 10.6 Å². The Morgan fingerprint density at radius 2 is 1.67 bits per heavy atom. The molecule has 0 aliphatic carbocycles. The van der Waals surface area contributed by atoms with Gasteiger partial charge in [0.1, 0.15) is 0 Å². The molecule has 1 aromatic carbocycles. The van der Waals surface area contributed by atoms with Crippen LogP contribution in [0.2, 0.25) is 0 Å². The number of carbonyl (C=O) groups excluding carboxylic acids is 1. The first-order chi connectivity index (χ1) is 8.49. The molecule has 18 heavy (non-hydrogen) atoms. The minimum Gasteiger partial charge on any atom is -0.353 e. The van der Waals surface area contributed by atoms with Gasteiger partial charge in [-0.2, -0.15) is 0 Å². The molecule has 100 valence electrons. The van der Waals surface area contributed by atoms with Crippen molar-refractivity contribution in [3.8, 4) is 0 Å². The van der Waals surface area contributed by atoms with Crippen molar-refractivity contribution in [2.24, 2.45) is 0 Å². The molecule has 0 aliphatic rings. The summed E-state index contributed by atoms with van der Waals surface area (Å²) >= 11 is 0. The third-order valence-electron chi connectivity index (χ3n) is 2.56. The fraction of sp³-hybridized carbons (Fsp3) is 0.533. The van der Waals surface area contributed by atoms with Crippen molar-refractivity contribution in [1.29, 1.82) is 0 Å². The zero-order valence-electron chi connectivity index (χ0n) is 11.7. The molecular weight excluding hydrogens is 224 g/mol. The SMILES string of the molecule is CC(C)NC(=O)C(Cc1ccccc1)NC(C)C. The topological polar surface area (TPSA) is 41.1 Å². The molecule has 0 aliphatic heterocycles. The molecule has 0 heterocycles. The Morgan fingerprint density at radius 3 is 2.17 bits per heavy atom. The molecule has 0 bridgehead atoms. The molecule has 0 aromatic heterocycles. The number of benzene rings is 1. The average Bonchev–Trinajstić information content (AvgIpc) is 2.28. The maximum Gasteiger partial charge on any atom is 0.237 e. The Balaban J connectivity index is 2.69. The summed E-state index contributed by atoms with van der Waals surface area (Å²) in [6.07, 6.45) is 0.720. The number of hydrogen-bond acceptors (Lipinski definition) is 2. The normalized spacial score (nSPS) is 12.8. The summed E-state index contributed by atoms with van der Waals surface area (Å²) in [5.41, 5.74) is 1.18. The molecule has 1 rings (SSSR count). The first-order valence-electron chi connectivity index (χ1n) is 6.59. The van der Waals surface area contributed by atoms with E-state index >= 15 is 0 Å². The van der Waals surface area contributed by atoms with Crippen LogP contribution in [0.25, 0.3) is 0 Å². The van der Waals surface area contributed by atoms with Crippen LogP contribution >= 0.6 is 0 Å². The second-order valence-electron chi connectivity index (χ2n) is 5.23. The second-order valence-corrected chi connectivity index (χ2v) is 5.23. The number of rotatable bonds is 6. The molecule has 3 heteroatoms. The maximum atomic E-state index is 12.1. The van der Waals surface area contributed by atoms with Crippen LogP contribution in [0, 0.1) is 0 Å². The van der Waals surface area contributed by atoms with E-state index in [2.05, 4.69) is 36.6 Å². The summed E-state index contributed by atoms with van der Waals surface area (Å²) in [5, 5.41) is 6.29. The van der Waals surface area contributed by atoms with Gasteiger partial charge in [-0.25, -0.2) is 0 Å². The highest BCUT2D eigenvalue weighted by Crippen LogP contribution is 2.04. The van der Waals surface area contributed by atoms with Gasteiger partial charge in [0.05, 0.1) is 6.04 Å². The van der Waals surface area contributed by atoms with E-state index in [1.807, 2.05) is 32.0 Å². The fourth-order valence-electron chi connectivity index (χ4n) is 1.86. The standard InChI is InChI=1S/C15H24N2O/c1-11(2)16-14(15(18)17-12(3)4)10-13-8-6-5-7-9-13/h5-9,11-12,14,16H,10H2,1-4H3,(H,17,18). The number of nitrogens with one attached hydrogen (secondary N) is 2. The van der Waals surface area contributed by atoms with E-state index in [0.29, 0.717) is 0 Å². The zero-order chi connectivity index (χ0) is 13.5. The van der Waals surface area contributed by atoms with E-state index in [9.17, 15) is 4.79 Å². The van der Waals surface area contributed by atoms with Gasteiger partial charge in [0.2, 0.25) is 5.91 Å². The van der Waals surface area contributed by atoms with E-state index in [1.165, 1.54) is 5.56 Å². The Hall–Kier alpha value is -1.35. The van der Waals surface area contributed by atoms with Gasteiger partial charge in [-0.05, 0) is 25.8 Å². The minimum absolute atomic E-state index is 0.0718. The fourth-order valence-corrected chi connectivity index (χ4v) is 1.86. The molecule has 0 fully saturated rings. The second kappa shape index (κ2) is 7.17. The van der Waals surface area contributed by atoms with E-state index in [-0.39, 0.29) is 24.0 Å². The molecule has 1 atom stereocenters. The summed E-state index contributed by atoms with van der Waals surface area (Å²) in [7, 11) is 0. The molecule has 3 nitrogen and oxygen atoms in total. The number of amides is 1. The monoisotopic (exact) mass is 248 g/mol. The number of hydrogen-bond donors (Lipinski definition) is 2. The Kier molecular flexibility index (Phi) is 5.86. The lowest BCUT2D eigenvalue weighted by atomic mass is 10.0. The van der Waals surface area contributed by atoms with E-state index < -0.39 is 0 Å². The van der Waals surface area contributed by atoms with Crippen LogP contribution in [0.5, 0.6) is 0 Å². The van der Waals surface area contributed by atoms with Gasteiger partial charge in [-0.1, -0.05) is 44.2 Å². The molecular formula is C15H24N2O. The highest BCUT2D eigenvalue weighted by Gasteiger charge is 2.19. The Labute approximate surface area is 110 Å². The van der Waals surface area contributed by atoms with Crippen LogP contribution in [0.1, 0.15) is 33.3 Å². The highest BCUT2D eigenvalue weighted by molar-refractivity contribution is 5.82. The first-order valence-corrected chi connectivity index (χ1v) is 6.59. The summed E-state index contributed by atoms with van der Waals surface area (Å²) in [5.74, 6) is 0.0718. The highest BCUT2D eigenvalue weighted by atomic mass is 16.2. The maximum absolute atomic E-state index is 12.1. The number of carbonyl (C=O) groups is 1. The molecule has 1 aromatic rings. The van der Waals surface area contributed by atoms with E-state index in [1.54, 1.807) is 0 Å². The summed E-state index contributed by atoms with van der Waals surface area (Å²) in [6, 6.07) is 10.4. The van der Waals surface area contributed by atoms with Crippen LogP contribution in [-0.2, 0) is 11.2 Å². The predicted octanol–water partition coefficient (Wildman–Crippen LogP) is 2.12. The summed E-state index contributed by atoms with van der Waals surface area (Å²) in [6.45, 7) is 8.07. The van der Waals surface area contributed by atoms with Gasteiger partial charge in [-0.3, -0.25) is 4.79 Å². The molecule has 0 spiro atoms. The zero-order valence-corrected chi connectivity index (χ0v) is 11.7. The molecule has 2 N–H and O–H groups in total. The van der Waals surface area contributed by atoms with Crippen molar-refractivity contribution in [2.75, 3.05) is 0 Å². The van der Waals surface area contributed by atoms with E-state index in [0.717, 1.165) is 6.42 Å². The van der Waals surface area contributed by atoms with Gasteiger partial charge in [0, 0.05) is 12.1 Å². The van der Waals surface area contributed by atoms with Gasteiger partial charge >= 0.3 is 0 Å². The van der Waals surface area contributed by atoms with Gasteiger partial charge in [0.15, 0.2) is 0 Å². The van der Waals surface area contributed by atoms with Gasteiger partial charge in [0.25, 0.3) is 0 Å². The van der Waals surface area contributed by atoms with Crippen LogP contribution in [0.3, 0.4) is 0 Å². The lowest BCUT2D eigenvalue weighted by molar-refractivity contribution is -0.123. The lowest BCUT2D eigenvalue weighted by Gasteiger charge is -2.22. The van der Waals surface area contributed by atoms with Crippen molar-refractivity contribution < 1.29 is 4.79 Å². The summed E-state index contributed by atoms with van der Waals surface area (Å²) < 4.78 is 0. The summed E-state index contributed by atoms with van der Waals surface area (Å²) in [4.78, 5) is 12.1. The predicted molar refractivity (Wildman–Crippen MR) is 75.5 cm³/mol. The molecule has 1 unspecified atom stereocenters. The quantitative estimate of drug-likeness (QED) is 0.809. The first kappa shape index (κ1) is 14.7. The smallest absolute Gasteiger partial charge is 0.237 e. The molecule has 0 saturated carbocycles. The van der Waals surface area contributed by atoms with E-state index in [4.69, 9.17) is 0 Å².